The zero-order chi connectivity index (χ0) is 22.9. The molecule has 13 heteroatoms. The fraction of sp³-hybridized carbons (Fsp3) is 0.0556. The zero-order valence-electron chi connectivity index (χ0n) is 14.9. The number of rotatable bonds is 6. The first-order chi connectivity index (χ1) is 14.6. The summed E-state index contributed by atoms with van der Waals surface area (Å²) in [5.74, 6) is -12.9. The summed E-state index contributed by atoms with van der Waals surface area (Å²) in [5.41, 5.74) is -1.80. The Morgan fingerprint density at radius 1 is 1.03 bits per heavy atom. The summed E-state index contributed by atoms with van der Waals surface area (Å²) >= 11 is 5.87. The highest BCUT2D eigenvalue weighted by Gasteiger charge is 2.27. The molecule has 3 aromatic rings. The van der Waals surface area contributed by atoms with Gasteiger partial charge in [-0.05, 0) is 18.2 Å². The number of amides is 1. The molecule has 0 fully saturated rings. The van der Waals surface area contributed by atoms with Crippen LogP contribution in [0.2, 0.25) is 5.02 Å². The molecule has 1 heterocycles. The van der Waals surface area contributed by atoms with Crippen LogP contribution >= 0.6 is 11.6 Å². The quantitative estimate of drug-likeness (QED) is 0.175. The third-order valence-electron chi connectivity index (χ3n) is 3.83. The van der Waals surface area contributed by atoms with E-state index in [1.54, 1.807) is 5.32 Å². The van der Waals surface area contributed by atoms with Gasteiger partial charge in [0, 0.05) is 12.1 Å². The van der Waals surface area contributed by atoms with Crippen molar-refractivity contribution < 1.29 is 40.8 Å². The number of ether oxygens (including phenoxy) is 1. The van der Waals surface area contributed by atoms with Gasteiger partial charge in [-0.25, -0.2) is 22.0 Å². The Kier molecular flexibility index (Phi) is 6.11. The Bertz CT molecular complexity index is 1170. The van der Waals surface area contributed by atoms with Crippen molar-refractivity contribution in [1.82, 2.24) is 0 Å². The number of hydrogen-bond donors (Lipinski definition) is 1. The first-order valence-electron chi connectivity index (χ1n) is 8.08. The fourth-order valence-corrected chi connectivity index (χ4v) is 2.57. The van der Waals surface area contributed by atoms with Crippen LogP contribution in [-0.4, -0.2) is 10.8 Å². The molecule has 0 radical (unpaired) electrons. The summed E-state index contributed by atoms with van der Waals surface area (Å²) in [6.45, 7) is -0.298. The fourth-order valence-electron chi connectivity index (χ4n) is 2.34. The van der Waals surface area contributed by atoms with Crippen LogP contribution in [0.25, 0.3) is 0 Å². The molecule has 0 unspecified atom stereocenters. The van der Waals surface area contributed by atoms with Crippen LogP contribution in [0.15, 0.2) is 34.7 Å². The van der Waals surface area contributed by atoms with Gasteiger partial charge in [0.1, 0.15) is 23.8 Å². The maximum atomic E-state index is 13.7. The lowest BCUT2D eigenvalue weighted by molar-refractivity contribution is -0.384. The Hall–Kier alpha value is -3.67. The third kappa shape index (κ3) is 4.43. The number of nitro groups is 1. The van der Waals surface area contributed by atoms with Crippen LogP contribution < -0.4 is 10.1 Å². The van der Waals surface area contributed by atoms with E-state index in [0.717, 1.165) is 18.2 Å². The Morgan fingerprint density at radius 2 is 1.65 bits per heavy atom. The van der Waals surface area contributed by atoms with Crippen LogP contribution in [0, 0.1) is 39.2 Å². The van der Waals surface area contributed by atoms with Gasteiger partial charge >= 0.3 is 0 Å². The maximum Gasteiger partial charge on any atom is 0.291 e. The van der Waals surface area contributed by atoms with Crippen molar-refractivity contribution >= 4 is 28.9 Å². The van der Waals surface area contributed by atoms with Crippen molar-refractivity contribution in [3.8, 4) is 5.75 Å². The molecule has 0 saturated heterocycles. The monoisotopic (exact) mass is 462 g/mol. The second kappa shape index (κ2) is 8.60. The average Bonchev–Trinajstić information content (AvgIpc) is 3.22. The van der Waals surface area contributed by atoms with E-state index in [4.69, 9.17) is 20.8 Å². The van der Waals surface area contributed by atoms with Gasteiger partial charge in [-0.1, -0.05) is 11.6 Å². The van der Waals surface area contributed by atoms with Gasteiger partial charge in [0.05, 0.1) is 9.95 Å². The summed E-state index contributed by atoms with van der Waals surface area (Å²) in [7, 11) is 0. The van der Waals surface area contributed by atoms with Gasteiger partial charge in [0.2, 0.25) is 5.82 Å². The van der Waals surface area contributed by atoms with Crippen LogP contribution in [0.1, 0.15) is 16.3 Å². The lowest BCUT2D eigenvalue weighted by Gasteiger charge is -2.09. The van der Waals surface area contributed by atoms with Crippen molar-refractivity contribution in [3.63, 3.8) is 0 Å². The van der Waals surface area contributed by atoms with Crippen molar-refractivity contribution in [3.05, 3.63) is 86.1 Å². The van der Waals surface area contributed by atoms with E-state index in [-0.39, 0.29) is 28.8 Å². The molecule has 7 nitrogen and oxygen atoms in total. The molecule has 1 N–H and O–H groups in total. The lowest BCUT2D eigenvalue weighted by atomic mass is 10.2. The molecule has 1 amide bonds. The number of carbonyl (C=O) groups is 1. The van der Waals surface area contributed by atoms with E-state index in [9.17, 15) is 36.9 Å². The smallest absolute Gasteiger partial charge is 0.291 e. The molecule has 1 aromatic heterocycles. The minimum Gasteiger partial charge on any atom is -0.484 e. The molecule has 2 aromatic carbocycles. The van der Waals surface area contributed by atoms with E-state index in [2.05, 4.69) is 0 Å². The molecule has 0 aliphatic heterocycles. The number of anilines is 1. The minimum absolute atomic E-state index is 0.0250. The SMILES string of the molecule is O=C(Nc1c(F)c(F)c(F)c(F)c1F)c1ccc(COc2ccc([N+](=O)[O-])cc2Cl)o1. The van der Waals surface area contributed by atoms with Crippen molar-refractivity contribution in [1.29, 1.82) is 0 Å². The standard InChI is InChI=1S/C18H8ClF5N2O5/c19-9-5-7(26(28)29)1-3-10(9)30-6-8-2-4-11(31-8)18(27)25-17-15(23)13(21)12(20)14(22)16(17)24/h1-5H,6H2,(H,25,27). The van der Waals surface area contributed by atoms with Gasteiger partial charge < -0.3 is 14.5 Å². The van der Waals surface area contributed by atoms with Crippen LogP contribution in [-0.2, 0) is 6.61 Å². The minimum atomic E-state index is -2.37. The number of non-ortho nitro benzene ring substituents is 1. The van der Waals surface area contributed by atoms with Crippen molar-refractivity contribution in [2.45, 2.75) is 6.61 Å². The number of carbonyl (C=O) groups excluding carboxylic acids is 1. The number of benzene rings is 2. The molecule has 0 bridgehead atoms. The van der Waals surface area contributed by atoms with Gasteiger partial charge in [-0.15, -0.1) is 0 Å². The number of nitrogens with one attached hydrogen (secondary N) is 1. The molecule has 0 spiro atoms. The van der Waals surface area contributed by atoms with Crippen molar-refractivity contribution in [2.75, 3.05) is 5.32 Å². The van der Waals surface area contributed by atoms with Gasteiger partial charge in [-0.3, -0.25) is 14.9 Å². The highest BCUT2D eigenvalue weighted by Crippen LogP contribution is 2.30. The van der Waals surface area contributed by atoms with E-state index in [0.29, 0.717) is 0 Å². The first kappa shape index (κ1) is 22.0. The maximum absolute atomic E-state index is 13.7. The van der Waals surface area contributed by atoms with Gasteiger partial charge in [-0.2, -0.15) is 0 Å². The number of furan rings is 1. The normalized spacial score (nSPS) is 10.8. The number of nitrogens with zero attached hydrogens (tertiary/aromatic N) is 1. The number of halogens is 6. The van der Waals surface area contributed by atoms with E-state index in [1.807, 2.05) is 0 Å². The van der Waals surface area contributed by atoms with E-state index in [1.165, 1.54) is 12.1 Å². The average molecular weight is 463 g/mol. The lowest BCUT2D eigenvalue weighted by Crippen LogP contribution is -2.16. The highest BCUT2D eigenvalue weighted by atomic mass is 35.5. The molecular formula is C18H8ClF5N2O5. The van der Waals surface area contributed by atoms with Gasteiger partial charge in [0.25, 0.3) is 11.6 Å². The second-order valence-corrected chi connectivity index (χ2v) is 6.23. The molecule has 162 valence electrons. The van der Waals surface area contributed by atoms with Crippen LogP contribution in [0.4, 0.5) is 33.3 Å². The van der Waals surface area contributed by atoms with Crippen LogP contribution in [0.5, 0.6) is 5.75 Å². The summed E-state index contributed by atoms with van der Waals surface area (Å²) in [4.78, 5) is 22.1. The van der Waals surface area contributed by atoms with E-state index < -0.39 is 51.4 Å². The van der Waals surface area contributed by atoms with Crippen LogP contribution in [0.3, 0.4) is 0 Å². The molecule has 0 aliphatic carbocycles. The van der Waals surface area contributed by atoms with E-state index >= 15 is 0 Å². The van der Waals surface area contributed by atoms with Crippen molar-refractivity contribution in [2.24, 2.45) is 0 Å². The topological polar surface area (TPSA) is 94.6 Å². The largest absolute Gasteiger partial charge is 0.484 e. The summed E-state index contributed by atoms with van der Waals surface area (Å²) in [6.07, 6.45) is 0. The number of nitro benzene ring substituents is 1. The molecule has 0 atom stereocenters. The molecule has 0 saturated carbocycles. The Labute approximate surface area is 174 Å². The molecular weight excluding hydrogens is 455 g/mol. The summed E-state index contributed by atoms with van der Waals surface area (Å²) in [6, 6.07) is 5.75. The molecule has 3 rings (SSSR count). The second-order valence-electron chi connectivity index (χ2n) is 5.83. The third-order valence-corrected chi connectivity index (χ3v) is 4.13. The number of hydrogen-bond acceptors (Lipinski definition) is 5. The Morgan fingerprint density at radius 3 is 2.23 bits per heavy atom. The zero-order valence-corrected chi connectivity index (χ0v) is 15.6. The summed E-state index contributed by atoms with van der Waals surface area (Å²) in [5, 5.41) is 12.2. The predicted octanol–water partition coefficient (Wildman–Crippen LogP) is 5.37. The Balaban J connectivity index is 1.72. The predicted molar refractivity (Wildman–Crippen MR) is 95.3 cm³/mol. The molecule has 31 heavy (non-hydrogen) atoms. The highest BCUT2D eigenvalue weighted by molar-refractivity contribution is 6.32. The molecule has 0 aliphatic rings. The van der Waals surface area contributed by atoms with Gasteiger partial charge in [0.15, 0.2) is 29.0 Å². The summed E-state index contributed by atoms with van der Waals surface area (Å²) < 4.78 is 77.3. The first-order valence-corrected chi connectivity index (χ1v) is 8.46.